The number of H-pyrrole nitrogens is 1. The van der Waals surface area contributed by atoms with Crippen molar-refractivity contribution in [2.24, 2.45) is 10.2 Å². The summed E-state index contributed by atoms with van der Waals surface area (Å²) in [4.78, 5) is 24.6. The minimum Gasteiger partial charge on any atom is -0.744 e. The number of carbonyl (C=O) groups is 1. The molecule has 1 aromatic heterocycles. The maximum Gasteiger partial charge on any atom is 0.358 e. The molecule has 3 aromatic carbocycles. The van der Waals surface area contributed by atoms with Crippen LogP contribution in [0, 0.1) is 0 Å². The fourth-order valence-electron chi connectivity index (χ4n) is 3.47. The lowest BCUT2D eigenvalue weighted by Gasteiger charge is -2.11. The standard InChI is InChI=1S/C22H18N4O9S2/c1-2-35-22(28)20-19(21(27)26(25-20)13-7-9-14(10-8-13)36(29,30)31)24-23-17-11-12-18(37(32,33)34)16-6-4-3-5-15(16)17/h3-12,25H,2H2,1H3,(H,29,30,31)(H,32,33,34)/p-2. The van der Waals surface area contributed by atoms with Gasteiger partial charge in [0.25, 0.3) is 5.56 Å². The number of ether oxygens (including phenoxy) is 1. The molecule has 15 heteroatoms. The Labute approximate surface area is 209 Å². The van der Waals surface area contributed by atoms with Gasteiger partial charge in [-0.3, -0.25) is 9.89 Å². The molecule has 0 fully saturated rings. The highest BCUT2D eigenvalue weighted by Gasteiger charge is 2.23. The largest absolute Gasteiger partial charge is 0.744 e. The summed E-state index contributed by atoms with van der Waals surface area (Å²) in [6, 6.07) is 12.7. The zero-order valence-corrected chi connectivity index (χ0v) is 20.4. The van der Waals surface area contributed by atoms with E-state index in [1.54, 1.807) is 13.0 Å². The van der Waals surface area contributed by atoms with Crippen LogP contribution in [0.25, 0.3) is 16.5 Å². The predicted octanol–water partition coefficient (Wildman–Crippen LogP) is 2.72. The van der Waals surface area contributed by atoms with Crippen molar-refractivity contribution in [2.75, 3.05) is 6.61 Å². The number of nitrogens with zero attached hydrogens (tertiary/aromatic N) is 3. The second-order valence-electron chi connectivity index (χ2n) is 7.43. The lowest BCUT2D eigenvalue weighted by molar-refractivity contribution is 0.0519. The third kappa shape index (κ3) is 5.19. The van der Waals surface area contributed by atoms with Crippen molar-refractivity contribution in [3.63, 3.8) is 0 Å². The normalized spacial score (nSPS) is 12.3. The Bertz CT molecular complexity index is 1820. The van der Waals surface area contributed by atoms with Crippen LogP contribution in [0.4, 0.5) is 11.4 Å². The highest BCUT2D eigenvalue weighted by Crippen LogP contribution is 2.32. The van der Waals surface area contributed by atoms with Crippen LogP contribution in [-0.4, -0.2) is 48.3 Å². The topological polar surface area (TPSA) is 203 Å². The number of esters is 1. The van der Waals surface area contributed by atoms with Crippen molar-refractivity contribution in [3.05, 3.63) is 76.7 Å². The van der Waals surface area contributed by atoms with Gasteiger partial charge in [-0.1, -0.05) is 24.3 Å². The Kier molecular flexibility index (Phi) is 6.79. The molecule has 0 aliphatic heterocycles. The summed E-state index contributed by atoms with van der Waals surface area (Å²) in [5, 5.41) is 10.8. The molecular weight excluding hydrogens is 528 g/mol. The van der Waals surface area contributed by atoms with Crippen molar-refractivity contribution in [1.29, 1.82) is 0 Å². The molecule has 0 saturated carbocycles. The summed E-state index contributed by atoms with van der Waals surface area (Å²) in [7, 11) is -9.50. The van der Waals surface area contributed by atoms with E-state index in [0.717, 1.165) is 22.9 Å². The monoisotopic (exact) mass is 544 g/mol. The summed E-state index contributed by atoms with van der Waals surface area (Å²) >= 11 is 0. The minimum atomic E-state index is -4.78. The van der Waals surface area contributed by atoms with Crippen LogP contribution < -0.4 is 5.56 Å². The number of hydrogen-bond donors (Lipinski definition) is 1. The molecule has 0 aliphatic rings. The summed E-state index contributed by atoms with van der Waals surface area (Å²) in [5.74, 6) is -0.927. The summed E-state index contributed by atoms with van der Waals surface area (Å²) in [6.07, 6.45) is 0. The molecule has 1 N–H and O–H groups in total. The highest BCUT2D eigenvalue weighted by atomic mass is 32.2. The molecule has 0 radical (unpaired) electrons. The van der Waals surface area contributed by atoms with Crippen LogP contribution in [-0.2, 0) is 25.0 Å². The smallest absolute Gasteiger partial charge is 0.358 e. The summed E-state index contributed by atoms with van der Waals surface area (Å²) in [6.45, 7) is 1.53. The average Bonchev–Trinajstić information content (AvgIpc) is 3.17. The van der Waals surface area contributed by atoms with Crippen molar-refractivity contribution < 1.29 is 35.5 Å². The van der Waals surface area contributed by atoms with E-state index in [0.29, 0.717) is 0 Å². The molecule has 4 rings (SSSR count). The number of aromatic nitrogens is 2. The van der Waals surface area contributed by atoms with Gasteiger partial charge in [0, 0.05) is 10.8 Å². The maximum absolute atomic E-state index is 13.1. The van der Waals surface area contributed by atoms with Crippen molar-refractivity contribution in [2.45, 2.75) is 16.7 Å². The molecule has 0 aliphatic carbocycles. The van der Waals surface area contributed by atoms with Crippen LogP contribution >= 0.6 is 0 Å². The highest BCUT2D eigenvalue weighted by molar-refractivity contribution is 7.86. The lowest BCUT2D eigenvalue weighted by atomic mass is 10.1. The fraction of sp³-hybridized carbons (Fsp3) is 0.0909. The SMILES string of the molecule is CCOC(=O)c1[nH]n(-c2ccc(S(=O)(=O)[O-])cc2)c(=O)c1N=Nc1ccc(S(=O)(=O)[O-])c2ccccc12. The van der Waals surface area contributed by atoms with E-state index < -0.39 is 47.2 Å². The quantitative estimate of drug-likeness (QED) is 0.206. The van der Waals surface area contributed by atoms with E-state index >= 15 is 0 Å². The second-order valence-corrected chi connectivity index (χ2v) is 10.2. The molecule has 0 bridgehead atoms. The number of aromatic amines is 1. The molecule has 4 aromatic rings. The minimum absolute atomic E-state index is 0.0194. The molecule has 1 heterocycles. The van der Waals surface area contributed by atoms with Gasteiger partial charge < -0.3 is 13.8 Å². The predicted molar refractivity (Wildman–Crippen MR) is 126 cm³/mol. The van der Waals surface area contributed by atoms with Gasteiger partial charge in [0.1, 0.15) is 20.2 Å². The average molecular weight is 545 g/mol. The molecule has 192 valence electrons. The number of azo groups is 1. The third-order valence-electron chi connectivity index (χ3n) is 5.12. The van der Waals surface area contributed by atoms with Gasteiger partial charge in [0.05, 0.1) is 27.8 Å². The van der Waals surface area contributed by atoms with E-state index in [1.807, 2.05) is 0 Å². The Morgan fingerprint density at radius 3 is 2.16 bits per heavy atom. The van der Waals surface area contributed by atoms with Gasteiger partial charge in [-0.25, -0.2) is 26.3 Å². The third-order valence-corrected chi connectivity index (χ3v) is 6.86. The molecule has 0 amide bonds. The maximum atomic E-state index is 13.1. The second kappa shape index (κ2) is 9.70. The zero-order chi connectivity index (χ0) is 27.0. The van der Waals surface area contributed by atoms with Crippen molar-refractivity contribution in [1.82, 2.24) is 9.78 Å². The van der Waals surface area contributed by atoms with Crippen LogP contribution in [0.2, 0.25) is 0 Å². The van der Waals surface area contributed by atoms with Gasteiger partial charge in [0.2, 0.25) is 0 Å². The Balaban J connectivity index is 1.85. The molecule has 0 spiro atoms. The first-order chi connectivity index (χ1) is 17.4. The number of rotatable bonds is 7. The van der Waals surface area contributed by atoms with E-state index in [1.165, 1.54) is 36.4 Å². The number of fused-ring (bicyclic) bond motifs is 1. The molecular formula is C22H16N4O9S2-2. The van der Waals surface area contributed by atoms with Gasteiger partial charge in [-0.05, 0) is 43.3 Å². The van der Waals surface area contributed by atoms with Gasteiger partial charge in [-0.2, -0.15) is 0 Å². The molecule has 0 atom stereocenters. The first kappa shape index (κ1) is 25.9. The van der Waals surface area contributed by atoms with Crippen LogP contribution in [0.1, 0.15) is 17.4 Å². The van der Waals surface area contributed by atoms with E-state index in [-0.39, 0.29) is 34.4 Å². The summed E-state index contributed by atoms with van der Waals surface area (Å²) < 4.78 is 74.3. The number of nitrogens with one attached hydrogen (secondary N) is 1. The van der Waals surface area contributed by atoms with Gasteiger partial charge in [0.15, 0.2) is 11.4 Å². The van der Waals surface area contributed by atoms with E-state index in [9.17, 15) is 35.5 Å². The number of carbonyl (C=O) groups excluding carboxylic acids is 1. The van der Waals surface area contributed by atoms with Gasteiger partial charge >= 0.3 is 5.97 Å². The fourth-order valence-corrected chi connectivity index (χ4v) is 4.63. The lowest BCUT2D eigenvalue weighted by Crippen LogP contribution is -2.14. The zero-order valence-electron chi connectivity index (χ0n) is 18.8. The Morgan fingerprint density at radius 2 is 1.57 bits per heavy atom. The van der Waals surface area contributed by atoms with Crippen molar-refractivity contribution >= 4 is 48.4 Å². The molecule has 13 nitrogen and oxygen atoms in total. The van der Waals surface area contributed by atoms with E-state index in [4.69, 9.17) is 4.74 Å². The Morgan fingerprint density at radius 1 is 0.919 bits per heavy atom. The van der Waals surface area contributed by atoms with E-state index in [2.05, 4.69) is 15.3 Å². The molecule has 37 heavy (non-hydrogen) atoms. The molecule has 0 unspecified atom stereocenters. The summed E-state index contributed by atoms with van der Waals surface area (Å²) in [5.41, 5.74) is -1.48. The van der Waals surface area contributed by atoms with Crippen LogP contribution in [0.3, 0.4) is 0 Å². The Hall–Kier alpha value is -4.18. The number of hydrogen-bond acceptors (Lipinski definition) is 11. The molecule has 0 saturated heterocycles. The number of benzene rings is 3. The first-order valence-electron chi connectivity index (χ1n) is 10.4. The van der Waals surface area contributed by atoms with Crippen LogP contribution in [0.15, 0.2) is 85.5 Å². The van der Waals surface area contributed by atoms with Crippen LogP contribution in [0.5, 0.6) is 0 Å². The first-order valence-corrected chi connectivity index (χ1v) is 13.2. The van der Waals surface area contributed by atoms with Gasteiger partial charge in [-0.15, -0.1) is 10.2 Å². The van der Waals surface area contributed by atoms with Crippen molar-refractivity contribution in [3.8, 4) is 5.69 Å².